The van der Waals surface area contributed by atoms with Crippen molar-refractivity contribution in [1.82, 2.24) is 39.6 Å². The molecule has 38 heavy (non-hydrogen) atoms. The summed E-state index contributed by atoms with van der Waals surface area (Å²) in [5, 5.41) is 36.8. The van der Waals surface area contributed by atoms with Gasteiger partial charge in [-0.2, -0.15) is 15.5 Å². The topological polar surface area (TPSA) is 143 Å². The third kappa shape index (κ3) is 4.82. The van der Waals surface area contributed by atoms with Gasteiger partial charge in [-0.05, 0) is 39.3 Å². The number of ether oxygens (including phenoxy) is 2. The Bertz CT molecular complexity index is 1480. The molecule has 1 atom stereocenters. The highest BCUT2D eigenvalue weighted by atomic mass is 16.5. The molecule has 0 spiro atoms. The monoisotopic (exact) mass is 519 g/mol. The zero-order chi connectivity index (χ0) is 26.8. The highest BCUT2D eigenvalue weighted by Crippen LogP contribution is 2.35. The van der Waals surface area contributed by atoms with E-state index in [2.05, 4.69) is 32.2 Å². The molecule has 4 aromatic heterocycles. The molecule has 1 aliphatic heterocycles. The summed E-state index contributed by atoms with van der Waals surface area (Å²) in [6, 6.07) is 4.07. The minimum Gasteiger partial charge on any atom is -0.473 e. The van der Waals surface area contributed by atoms with E-state index < -0.39 is 0 Å². The Hall–Kier alpha value is -3.95. The van der Waals surface area contributed by atoms with Gasteiger partial charge in [0.05, 0.1) is 42.0 Å². The first-order valence-corrected chi connectivity index (χ1v) is 12.9. The van der Waals surface area contributed by atoms with Crippen molar-refractivity contribution < 1.29 is 14.6 Å². The van der Waals surface area contributed by atoms with E-state index in [0.29, 0.717) is 44.2 Å². The molecule has 5 rings (SSSR count). The second-order valence-electron chi connectivity index (χ2n) is 9.56. The predicted octanol–water partition coefficient (Wildman–Crippen LogP) is 2.15. The number of aliphatic hydroxyl groups is 1. The molecule has 0 radical (unpaired) electrons. The number of H-pyrrole nitrogens is 1. The normalized spacial score (nSPS) is 16.4. The Balaban J connectivity index is 1.65. The number of aryl methyl sites for hydroxylation is 3. The van der Waals surface area contributed by atoms with Crippen molar-refractivity contribution >= 4 is 10.9 Å². The van der Waals surface area contributed by atoms with E-state index in [-0.39, 0.29) is 19.3 Å². The maximum absolute atomic E-state index is 9.74. The van der Waals surface area contributed by atoms with E-state index in [1.165, 1.54) is 0 Å². The number of aromatic amines is 1. The lowest BCUT2D eigenvalue weighted by molar-refractivity contribution is 0.133. The van der Waals surface area contributed by atoms with E-state index in [1.807, 2.05) is 33.0 Å². The fourth-order valence-corrected chi connectivity index (χ4v) is 5.15. The van der Waals surface area contributed by atoms with Crippen molar-refractivity contribution in [2.45, 2.75) is 52.8 Å². The molecule has 12 nitrogen and oxygen atoms in total. The molecule has 12 heteroatoms. The number of nitrogens with one attached hydrogen (secondary N) is 1. The molecule has 200 valence electrons. The standard InChI is InChI=1S/C26H33N9O3/c1-5-34-14-16(2)38-26-24(17(3)31-33(26)4)21-12-19-20(29-30-22(19)13-28-21)7-6-18-23(15-34)35(9-10-36)32-25(18)37-11-8-27/h12-13,16,36H,5-7,9-11,14-15H2,1-4H3,(H,29,30)/t16-/m0/s1. The molecule has 0 unspecified atom stereocenters. The number of hydrogen-bond acceptors (Lipinski definition) is 9. The van der Waals surface area contributed by atoms with Gasteiger partial charge in [-0.3, -0.25) is 19.7 Å². The maximum Gasteiger partial charge on any atom is 0.237 e. The van der Waals surface area contributed by atoms with Crippen LogP contribution >= 0.6 is 0 Å². The van der Waals surface area contributed by atoms with Crippen LogP contribution in [0.1, 0.15) is 36.5 Å². The lowest BCUT2D eigenvalue weighted by Gasteiger charge is -2.26. The first kappa shape index (κ1) is 25.7. The van der Waals surface area contributed by atoms with E-state index in [1.54, 1.807) is 15.6 Å². The van der Waals surface area contributed by atoms with Crippen LogP contribution in [0.5, 0.6) is 11.8 Å². The van der Waals surface area contributed by atoms with Gasteiger partial charge in [-0.15, -0.1) is 5.10 Å². The Morgan fingerprint density at radius 1 is 1.32 bits per heavy atom. The van der Waals surface area contributed by atoms with E-state index in [9.17, 15) is 5.11 Å². The number of aliphatic hydroxyl groups excluding tert-OH is 1. The molecule has 0 saturated heterocycles. The minimum atomic E-state index is -0.145. The number of fused-ring (bicyclic) bond motifs is 4. The molecular weight excluding hydrogens is 486 g/mol. The third-order valence-corrected chi connectivity index (χ3v) is 6.93. The van der Waals surface area contributed by atoms with Gasteiger partial charge in [-0.25, -0.2) is 4.68 Å². The summed E-state index contributed by atoms with van der Waals surface area (Å²) < 4.78 is 15.8. The van der Waals surface area contributed by atoms with Crippen molar-refractivity contribution in [1.29, 1.82) is 5.26 Å². The predicted molar refractivity (Wildman–Crippen MR) is 140 cm³/mol. The van der Waals surface area contributed by atoms with Crippen molar-refractivity contribution in [3.63, 3.8) is 0 Å². The van der Waals surface area contributed by atoms with Gasteiger partial charge in [-0.1, -0.05) is 6.92 Å². The number of aromatic nitrogens is 7. The van der Waals surface area contributed by atoms with Crippen molar-refractivity contribution in [3.8, 4) is 29.1 Å². The zero-order valence-electron chi connectivity index (χ0n) is 22.2. The first-order valence-electron chi connectivity index (χ1n) is 12.9. The summed E-state index contributed by atoms with van der Waals surface area (Å²) in [6.07, 6.45) is 2.90. The van der Waals surface area contributed by atoms with Crippen LogP contribution in [0.3, 0.4) is 0 Å². The largest absolute Gasteiger partial charge is 0.473 e. The van der Waals surface area contributed by atoms with Gasteiger partial charge in [0, 0.05) is 36.8 Å². The van der Waals surface area contributed by atoms with Gasteiger partial charge in [0.15, 0.2) is 6.61 Å². The van der Waals surface area contributed by atoms with Gasteiger partial charge in [0.2, 0.25) is 11.8 Å². The highest BCUT2D eigenvalue weighted by molar-refractivity contribution is 5.85. The van der Waals surface area contributed by atoms with Crippen molar-refractivity contribution in [3.05, 3.63) is 34.9 Å². The molecule has 2 bridgehead atoms. The summed E-state index contributed by atoms with van der Waals surface area (Å²) in [5.74, 6) is 1.11. The zero-order valence-corrected chi connectivity index (χ0v) is 22.2. The number of likely N-dealkylation sites (N-methyl/N-ethyl adjacent to an activating group) is 1. The summed E-state index contributed by atoms with van der Waals surface area (Å²) in [7, 11) is 1.88. The Morgan fingerprint density at radius 3 is 2.92 bits per heavy atom. The first-order chi connectivity index (χ1) is 18.4. The van der Waals surface area contributed by atoms with Crippen LogP contribution in [0.4, 0.5) is 0 Å². The van der Waals surface area contributed by atoms with Crippen LogP contribution in [0.15, 0.2) is 12.3 Å². The van der Waals surface area contributed by atoms with E-state index in [0.717, 1.165) is 51.4 Å². The molecule has 0 aliphatic carbocycles. The molecule has 4 aromatic rings. The Labute approximate surface area is 220 Å². The van der Waals surface area contributed by atoms with Crippen molar-refractivity contribution in [2.75, 3.05) is 26.3 Å². The van der Waals surface area contributed by atoms with Gasteiger partial charge >= 0.3 is 0 Å². The summed E-state index contributed by atoms with van der Waals surface area (Å²) >= 11 is 0. The summed E-state index contributed by atoms with van der Waals surface area (Å²) in [5.41, 5.74) is 6.13. The summed E-state index contributed by atoms with van der Waals surface area (Å²) in [4.78, 5) is 6.98. The van der Waals surface area contributed by atoms with E-state index in [4.69, 9.17) is 19.7 Å². The van der Waals surface area contributed by atoms with Crippen LogP contribution in [0.25, 0.3) is 22.2 Å². The molecule has 5 heterocycles. The maximum atomic E-state index is 9.74. The number of nitrogens with zero attached hydrogens (tertiary/aromatic N) is 8. The average molecular weight is 520 g/mol. The van der Waals surface area contributed by atoms with Crippen LogP contribution in [0.2, 0.25) is 0 Å². The van der Waals surface area contributed by atoms with Crippen LogP contribution in [-0.4, -0.2) is 77.2 Å². The molecular formula is C26H33N9O3. The lowest BCUT2D eigenvalue weighted by Crippen LogP contribution is -2.35. The van der Waals surface area contributed by atoms with Crippen LogP contribution < -0.4 is 9.47 Å². The fourth-order valence-electron chi connectivity index (χ4n) is 5.15. The molecule has 0 fully saturated rings. The van der Waals surface area contributed by atoms with Crippen LogP contribution in [-0.2, 0) is 33.0 Å². The molecule has 0 aromatic carbocycles. The molecule has 0 saturated carbocycles. The van der Waals surface area contributed by atoms with Crippen molar-refractivity contribution in [2.24, 2.45) is 7.05 Å². The van der Waals surface area contributed by atoms with E-state index >= 15 is 0 Å². The molecule has 0 amide bonds. The average Bonchev–Trinajstić information content (AvgIpc) is 3.53. The van der Waals surface area contributed by atoms with Gasteiger partial charge in [0.25, 0.3) is 0 Å². The smallest absolute Gasteiger partial charge is 0.237 e. The third-order valence-electron chi connectivity index (χ3n) is 6.93. The number of hydrogen-bond donors (Lipinski definition) is 2. The number of pyridine rings is 1. The number of rotatable bonds is 5. The Kier molecular flexibility index (Phi) is 7.31. The second-order valence-corrected chi connectivity index (χ2v) is 9.56. The fraction of sp³-hybridized carbons (Fsp3) is 0.500. The van der Waals surface area contributed by atoms with Gasteiger partial charge in [0.1, 0.15) is 17.7 Å². The quantitative estimate of drug-likeness (QED) is 0.405. The van der Waals surface area contributed by atoms with Gasteiger partial charge < -0.3 is 14.6 Å². The SMILES string of the molecule is CCN1Cc2c(c(OCC#N)nn2CCO)CCc2[nH]nc3cnc(cc23)-c2c(C)nn(C)c2O[C@@H](C)C1. The Morgan fingerprint density at radius 2 is 2.16 bits per heavy atom. The second kappa shape index (κ2) is 10.8. The van der Waals surface area contributed by atoms with Crippen LogP contribution in [0, 0.1) is 18.3 Å². The molecule has 1 aliphatic rings. The molecule has 2 N–H and O–H groups in total. The lowest BCUT2D eigenvalue weighted by atomic mass is 10.0. The summed E-state index contributed by atoms with van der Waals surface area (Å²) in [6.45, 7) is 8.34. The minimum absolute atomic E-state index is 0.0545. The highest BCUT2D eigenvalue weighted by Gasteiger charge is 2.25. The number of nitriles is 1.